The van der Waals surface area contributed by atoms with E-state index in [1.807, 2.05) is 0 Å². The third-order valence-electron chi connectivity index (χ3n) is 4.20. The summed E-state index contributed by atoms with van der Waals surface area (Å²) in [5.41, 5.74) is 1.37. The van der Waals surface area contributed by atoms with Gasteiger partial charge < -0.3 is 9.55 Å². The average Bonchev–Trinajstić information content (AvgIpc) is 2.49. The Morgan fingerprint density at radius 3 is 2.88 bits per heavy atom. The lowest BCUT2D eigenvalue weighted by atomic mass is 9.57. The molecule has 2 aliphatic rings. The van der Waals surface area contributed by atoms with Crippen molar-refractivity contribution in [2.45, 2.75) is 46.0 Å². The normalized spacial score (nSPS) is 28.2. The predicted octanol–water partition coefficient (Wildman–Crippen LogP) is 3.13. The zero-order chi connectivity index (χ0) is 12.5. The molecule has 1 unspecified atom stereocenters. The van der Waals surface area contributed by atoms with E-state index < -0.39 is 0 Å². The highest BCUT2D eigenvalue weighted by Crippen LogP contribution is 2.37. The van der Waals surface area contributed by atoms with Gasteiger partial charge in [-0.1, -0.05) is 19.1 Å². The molecule has 2 nitrogen and oxygen atoms in total. The summed E-state index contributed by atoms with van der Waals surface area (Å²) in [7, 11) is 0. The van der Waals surface area contributed by atoms with Crippen molar-refractivity contribution >= 4 is 6.92 Å². The van der Waals surface area contributed by atoms with E-state index in [1.54, 1.807) is 0 Å². The lowest BCUT2D eigenvalue weighted by molar-refractivity contribution is 0.0944. The molecular weight excluding hydrogens is 209 g/mol. The highest BCUT2D eigenvalue weighted by atomic mass is 16.5. The number of hydrogen-bond donors (Lipinski definition) is 0. The molecule has 0 bridgehead atoms. The molecule has 2 rings (SSSR count). The zero-order valence-electron chi connectivity index (χ0n) is 11.6. The quantitative estimate of drug-likeness (QED) is 0.679. The third-order valence-corrected chi connectivity index (χ3v) is 4.20. The highest BCUT2D eigenvalue weighted by molar-refractivity contribution is 6.62. The van der Waals surface area contributed by atoms with Gasteiger partial charge in [0.2, 0.25) is 0 Å². The molecule has 94 valence electrons. The highest BCUT2D eigenvalue weighted by Gasteiger charge is 2.42. The van der Waals surface area contributed by atoms with Gasteiger partial charge in [0.1, 0.15) is 0 Å². The van der Waals surface area contributed by atoms with Crippen molar-refractivity contribution in [3.63, 3.8) is 0 Å². The lowest BCUT2D eigenvalue weighted by Crippen LogP contribution is -2.28. The van der Waals surface area contributed by atoms with E-state index in [9.17, 15) is 0 Å². The van der Waals surface area contributed by atoms with E-state index in [2.05, 4.69) is 50.9 Å². The van der Waals surface area contributed by atoms with Crippen LogP contribution in [-0.4, -0.2) is 30.5 Å². The first-order valence-corrected chi connectivity index (χ1v) is 6.83. The fourth-order valence-electron chi connectivity index (χ4n) is 2.56. The first kappa shape index (κ1) is 12.8. The van der Waals surface area contributed by atoms with Crippen LogP contribution < -0.4 is 0 Å². The van der Waals surface area contributed by atoms with Gasteiger partial charge in [-0.15, -0.1) is 0 Å². The van der Waals surface area contributed by atoms with Gasteiger partial charge in [-0.2, -0.15) is 0 Å². The molecule has 0 radical (unpaired) electrons. The van der Waals surface area contributed by atoms with Crippen LogP contribution in [0.3, 0.4) is 0 Å². The van der Waals surface area contributed by atoms with E-state index in [0.717, 1.165) is 25.8 Å². The van der Waals surface area contributed by atoms with Crippen LogP contribution in [0.4, 0.5) is 0 Å². The second-order valence-electron chi connectivity index (χ2n) is 5.80. The standard InChI is InChI=1S/C14H24BNO/c1-5-16-9-7-6-8-13(11-16)15-10-12(2)14(3,4)17-15/h6,8,11-12H,5,7,9-10H2,1-4H3. The second kappa shape index (κ2) is 4.89. The van der Waals surface area contributed by atoms with Gasteiger partial charge in [0, 0.05) is 18.7 Å². The second-order valence-corrected chi connectivity index (χ2v) is 5.80. The van der Waals surface area contributed by atoms with Crippen LogP contribution >= 0.6 is 0 Å². The molecule has 0 aromatic carbocycles. The van der Waals surface area contributed by atoms with Crippen molar-refractivity contribution in [2.75, 3.05) is 13.1 Å². The molecule has 1 fully saturated rings. The van der Waals surface area contributed by atoms with E-state index in [0.29, 0.717) is 5.92 Å². The van der Waals surface area contributed by atoms with Crippen LogP contribution in [0, 0.1) is 5.92 Å². The number of rotatable bonds is 2. The van der Waals surface area contributed by atoms with Crippen molar-refractivity contribution < 1.29 is 4.65 Å². The average molecular weight is 233 g/mol. The lowest BCUT2D eigenvalue weighted by Gasteiger charge is -2.24. The van der Waals surface area contributed by atoms with Crippen molar-refractivity contribution in [1.29, 1.82) is 0 Å². The first-order chi connectivity index (χ1) is 8.03. The summed E-state index contributed by atoms with van der Waals surface area (Å²) in [5, 5.41) is 0. The molecule has 0 saturated carbocycles. The van der Waals surface area contributed by atoms with E-state index in [-0.39, 0.29) is 12.5 Å². The Labute approximate surface area is 106 Å². The largest absolute Gasteiger partial charge is 0.426 e. The van der Waals surface area contributed by atoms with Gasteiger partial charge in [0.15, 0.2) is 0 Å². The number of allylic oxidation sites excluding steroid dienone is 2. The summed E-state index contributed by atoms with van der Waals surface area (Å²) in [6.45, 7) is 11.4. The van der Waals surface area contributed by atoms with Gasteiger partial charge >= 0.3 is 6.92 Å². The van der Waals surface area contributed by atoms with Crippen LogP contribution in [-0.2, 0) is 4.65 Å². The van der Waals surface area contributed by atoms with Crippen LogP contribution in [0.15, 0.2) is 23.8 Å². The summed E-state index contributed by atoms with van der Waals surface area (Å²) < 4.78 is 6.20. The Morgan fingerprint density at radius 2 is 2.29 bits per heavy atom. The first-order valence-electron chi connectivity index (χ1n) is 6.83. The van der Waals surface area contributed by atoms with Gasteiger partial charge in [0.05, 0.1) is 0 Å². The Bertz CT molecular complexity index is 335. The van der Waals surface area contributed by atoms with E-state index in [1.165, 1.54) is 5.47 Å². The van der Waals surface area contributed by atoms with E-state index >= 15 is 0 Å². The molecule has 2 heterocycles. The van der Waals surface area contributed by atoms with Crippen molar-refractivity contribution in [1.82, 2.24) is 4.90 Å². The van der Waals surface area contributed by atoms with Crippen LogP contribution in [0.1, 0.15) is 34.1 Å². The minimum Gasteiger partial charge on any atom is -0.426 e. The smallest absolute Gasteiger partial charge is 0.329 e. The monoisotopic (exact) mass is 233 g/mol. The minimum absolute atomic E-state index is 0.0166. The van der Waals surface area contributed by atoms with Crippen LogP contribution in [0.2, 0.25) is 6.32 Å². The summed E-state index contributed by atoms with van der Waals surface area (Å²) in [5.74, 6) is 0.625. The molecule has 0 aliphatic carbocycles. The summed E-state index contributed by atoms with van der Waals surface area (Å²) in [4.78, 5) is 2.38. The molecule has 1 saturated heterocycles. The van der Waals surface area contributed by atoms with Crippen molar-refractivity contribution in [3.8, 4) is 0 Å². The fourth-order valence-corrected chi connectivity index (χ4v) is 2.56. The molecule has 3 heteroatoms. The maximum Gasteiger partial charge on any atom is 0.329 e. The predicted molar refractivity (Wildman–Crippen MR) is 74.0 cm³/mol. The SMILES string of the molecule is CCN1C=C(B2CC(C)C(C)(C)O2)C=CCC1. The Morgan fingerprint density at radius 1 is 1.53 bits per heavy atom. The van der Waals surface area contributed by atoms with Gasteiger partial charge in [0.25, 0.3) is 0 Å². The summed E-state index contributed by atoms with van der Waals surface area (Å²) in [6, 6.07) is 0. The fraction of sp³-hybridized carbons (Fsp3) is 0.714. The molecule has 0 aromatic rings. The Balaban J connectivity index is 2.14. The Kier molecular flexibility index (Phi) is 3.67. The minimum atomic E-state index is 0.0166. The van der Waals surface area contributed by atoms with Crippen LogP contribution in [0.25, 0.3) is 0 Å². The van der Waals surface area contributed by atoms with Gasteiger partial charge in [-0.05, 0) is 51.1 Å². The molecule has 2 aliphatic heterocycles. The molecule has 0 aromatic heterocycles. The van der Waals surface area contributed by atoms with Crippen LogP contribution in [0.5, 0.6) is 0 Å². The molecule has 0 amide bonds. The van der Waals surface area contributed by atoms with E-state index in [4.69, 9.17) is 4.65 Å². The number of nitrogens with zero attached hydrogens (tertiary/aromatic N) is 1. The summed E-state index contributed by atoms with van der Waals surface area (Å²) in [6.07, 6.45) is 9.11. The maximum atomic E-state index is 6.20. The number of hydrogen-bond acceptors (Lipinski definition) is 2. The molecule has 17 heavy (non-hydrogen) atoms. The topological polar surface area (TPSA) is 12.5 Å². The molecular formula is C14H24BNO. The molecule has 0 spiro atoms. The van der Waals surface area contributed by atoms with Gasteiger partial charge in [-0.25, -0.2) is 0 Å². The maximum absolute atomic E-state index is 6.20. The van der Waals surface area contributed by atoms with Gasteiger partial charge in [-0.3, -0.25) is 0 Å². The summed E-state index contributed by atoms with van der Waals surface area (Å²) >= 11 is 0. The molecule has 1 atom stereocenters. The van der Waals surface area contributed by atoms with Crippen molar-refractivity contribution in [3.05, 3.63) is 23.8 Å². The zero-order valence-corrected chi connectivity index (χ0v) is 11.6. The third kappa shape index (κ3) is 2.76. The van der Waals surface area contributed by atoms with Crippen molar-refractivity contribution in [2.24, 2.45) is 5.92 Å². The molecule has 0 N–H and O–H groups in total. The Hall–Kier alpha value is -0.695.